The number of esters is 1. The number of aryl methyl sites for hydroxylation is 1. The largest absolute Gasteiger partial charge is 0.489 e. The van der Waals surface area contributed by atoms with Crippen molar-refractivity contribution in [2.75, 3.05) is 0 Å². The summed E-state index contributed by atoms with van der Waals surface area (Å²) in [5.74, 6) is -0.553. The van der Waals surface area contributed by atoms with E-state index in [1.165, 1.54) is 12.1 Å². The van der Waals surface area contributed by atoms with Crippen molar-refractivity contribution in [1.82, 2.24) is 0 Å². The molecule has 1 aromatic heterocycles. The van der Waals surface area contributed by atoms with Crippen LogP contribution in [-0.2, 0) is 11.2 Å². The van der Waals surface area contributed by atoms with Crippen molar-refractivity contribution in [2.24, 2.45) is 5.92 Å². The van der Waals surface area contributed by atoms with Gasteiger partial charge in [-0.25, -0.2) is 9.59 Å². The van der Waals surface area contributed by atoms with E-state index in [0.717, 1.165) is 6.42 Å². The highest BCUT2D eigenvalue weighted by molar-refractivity contribution is 6.30. The van der Waals surface area contributed by atoms with Crippen LogP contribution in [0.25, 0.3) is 11.0 Å². The summed E-state index contributed by atoms with van der Waals surface area (Å²) < 4.78 is 24.3. The van der Waals surface area contributed by atoms with Gasteiger partial charge in [0.2, 0.25) is 0 Å². The molecule has 2 aliphatic rings. The number of aliphatic hydroxyl groups excluding tert-OH is 2. The summed E-state index contributed by atoms with van der Waals surface area (Å²) in [4.78, 5) is 25.9. The molecule has 5 atom stereocenters. The van der Waals surface area contributed by atoms with Gasteiger partial charge in [0, 0.05) is 17.0 Å². The van der Waals surface area contributed by atoms with Gasteiger partial charge in [-0.3, -0.25) is 0 Å². The van der Waals surface area contributed by atoms with Gasteiger partial charge in [-0.1, -0.05) is 37.9 Å². The van der Waals surface area contributed by atoms with E-state index in [9.17, 15) is 19.8 Å². The van der Waals surface area contributed by atoms with Crippen LogP contribution in [0.5, 0.6) is 11.5 Å². The van der Waals surface area contributed by atoms with E-state index >= 15 is 0 Å². The number of ether oxygens (including phenoxy) is 3. The standard InChI is InChI=1S/C29H31ClO8/c1-6-8-15-12-18(31)36-23-19(15)25-21(24-20(23)22(32)13(2)14(3)35-24)26(27(33)29(4,5)38-25)37-28(34)16-9-7-10-17(30)11-16/h7,9-14,22,26-27,32-33H,6,8H2,1-5H3/t13-,14-,22+,26+,27-/m1/s1. The first-order valence-corrected chi connectivity index (χ1v) is 13.2. The van der Waals surface area contributed by atoms with Crippen molar-refractivity contribution in [3.63, 3.8) is 0 Å². The molecule has 9 heteroatoms. The first-order valence-electron chi connectivity index (χ1n) is 12.8. The van der Waals surface area contributed by atoms with E-state index < -0.39 is 41.6 Å². The molecule has 0 saturated heterocycles. The van der Waals surface area contributed by atoms with Crippen molar-refractivity contribution < 1.29 is 33.6 Å². The minimum absolute atomic E-state index is 0.174. The zero-order valence-corrected chi connectivity index (χ0v) is 22.7. The van der Waals surface area contributed by atoms with Gasteiger partial charge < -0.3 is 28.8 Å². The average Bonchev–Trinajstić information content (AvgIpc) is 2.84. The maximum Gasteiger partial charge on any atom is 0.338 e. The van der Waals surface area contributed by atoms with Crippen molar-refractivity contribution in [3.8, 4) is 11.5 Å². The van der Waals surface area contributed by atoms with Crippen LogP contribution in [0, 0.1) is 5.92 Å². The normalized spacial score (nSPS) is 25.6. The number of hydrogen-bond acceptors (Lipinski definition) is 8. The highest BCUT2D eigenvalue weighted by Gasteiger charge is 2.51. The monoisotopic (exact) mass is 542 g/mol. The van der Waals surface area contributed by atoms with Crippen molar-refractivity contribution in [1.29, 1.82) is 0 Å². The minimum atomic E-state index is -1.29. The van der Waals surface area contributed by atoms with Gasteiger partial charge in [-0.05, 0) is 51.0 Å². The van der Waals surface area contributed by atoms with Gasteiger partial charge in [-0.15, -0.1) is 0 Å². The summed E-state index contributed by atoms with van der Waals surface area (Å²) in [7, 11) is 0. The zero-order valence-electron chi connectivity index (χ0n) is 21.9. The Morgan fingerprint density at radius 1 is 1.13 bits per heavy atom. The van der Waals surface area contributed by atoms with Crippen LogP contribution in [0.4, 0.5) is 0 Å². The Morgan fingerprint density at radius 2 is 1.87 bits per heavy atom. The summed E-state index contributed by atoms with van der Waals surface area (Å²) in [6.45, 7) is 9.00. The molecule has 3 aromatic rings. The van der Waals surface area contributed by atoms with Crippen LogP contribution in [0.3, 0.4) is 0 Å². The molecule has 5 rings (SSSR count). The second-order valence-electron chi connectivity index (χ2n) is 10.6. The van der Waals surface area contributed by atoms with Crippen molar-refractivity contribution in [2.45, 2.75) is 77.5 Å². The number of aliphatic hydroxyl groups is 2. The fraction of sp³-hybridized carbons (Fsp3) is 0.448. The fourth-order valence-corrected chi connectivity index (χ4v) is 5.46. The van der Waals surface area contributed by atoms with E-state index in [1.54, 1.807) is 32.0 Å². The first kappa shape index (κ1) is 26.5. The molecule has 0 bridgehead atoms. The Balaban J connectivity index is 1.83. The van der Waals surface area contributed by atoms with Gasteiger partial charge in [-0.2, -0.15) is 0 Å². The summed E-state index contributed by atoms with van der Waals surface area (Å²) in [5, 5.41) is 23.7. The number of hydrogen-bond donors (Lipinski definition) is 2. The van der Waals surface area contributed by atoms with E-state index in [1.807, 2.05) is 20.8 Å². The fourth-order valence-electron chi connectivity index (χ4n) is 5.27. The molecule has 0 aliphatic carbocycles. The Morgan fingerprint density at radius 3 is 2.55 bits per heavy atom. The molecule has 2 N–H and O–H groups in total. The zero-order chi connectivity index (χ0) is 27.5. The highest BCUT2D eigenvalue weighted by Crippen LogP contribution is 2.56. The summed E-state index contributed by atoms with van der Waals surface area (Å²) >= 11 is 6.09. The Kier molecular flexibility index (Phi) is 6.70. The molecular formula is C29H31ClO8. The predicted octanol–water partition coefficient (Wildman–Crippen LogP) is 5.28. The second-order valence-corrected chi connectivity index (χ2v) is 11.1. The summed E-state index contributed by atoms with van der Waals surface area (Å²) in [6, 6.07) is 7.74. The maximum atomic E-state index is 13.3. The minimum Gasteiger partial charge on any atom is -0.489 e. The first-order chi connectivity index (χ1) is 17.9. The molecule has 0 radical (unpaired) electrons. The smallest absolute Gasteiger partial charge is 0.338 e. The van der Waals surface area contributed by atoms with Gasteiger partial charge in [0.05, 0.1) is 28.2 Å². The molecule has 2 aromatic carbocycles. The predicted molar refractivity (Wildman–Crippen MR) is 141 cm³/mol. The number of halogens is 1. The number of benzene rings is 2. The second kappa shape index (κ2) is 9.59. The molecule has 0 spiro atoms. The highest BCUT2D eigenvalue weighted by atomic mass is 35.5. The maximum absolute atomic E-state index is 13.3. The summed E-state index contributed by atoms with van der Waals surface area (Å²) in [5.41, 5.74) is -0.125. The Labute approximate surface area is 225 Å². The number of fused-ring (bicyclic) bond motifs is 6. The Bertz CT molecular complexity index is 1480. The van der Waals surface area contributed by atoms with E-state index in [2.05, 4.69) is 0 Å². The lowest BCUT2D eigenvalue weighted by Crippen LogP contribution is -2.50. The van der Waals surface area contributed by atoms with Crippen LogP contribution in [0.15, 0.2) is 39.5 Å². The topological polar surface area (TPSA) is 115 Å². The third-order valence-electron chi connectivity index (χ3n) is 7.55. The lowest BCUT2D eigenvalue weighted by Gasteiger charge is -2.44. The molecule has 8 nitrogen and oxygen atoms in total. The number of rotatable bonds is 4. The molecule has 0 saturated carbocycles. The third-order valence-corrected chi connectivity index (χ3v) is 7.78. The molecule has 38 heavy (non-hydrogen) atoms. The van der Waals surface area contributed by atoms with E-state index in [-0.39, 0.29) is 28.4 Å². The summed E-state index contributed by atoms with van der Waals surface area (Å²) in [6.07, 6.45) is -2.71. The van der Waals surface area contributed by atoms with Gasteiger partial charge >= 0.3 is 11.6 Å². The van der Waals surface area contributed by atoms with Crippen molar-refractivity contribution >= 4 is 28.5 Å². The van der Waals surface area contributed by atoms with Gasteiger partial charge in [0.1, 0.15) is 29.3 Å². The number of carbonyl (C=O) groups excluding carboxylic acids is 1. The van der Waals surface area contributed by atoms with Crippen LogP contribution in [0.1, 0.15) is 80.3 Å². The SMILES string of the molecule is CCCc1cc(=O)oc2c3c(c4c(c12)OC(C)(C)[C@H](O)[C@H]4OC(=O)c1cccc(Cl)c1)O[C@H](C)[C@@H](C)[C@@H]3O. The van der Waals surface area contributed by atoms with Crippen molar-refractivity contribution in [3.05, 3.63) is 68.0 Å². The lowest BCUT2D eigenvalue weighted by molar-refractivity contribution is -0.117. The molecular weight excluding hydrogens is 512 g/mol. The quantitative estimate of drug-likeness (QED) is 0.338. The van der Waals surface area contributed by atoms with Crippen LogP contribution < -0.4 is 15.1 Å². The van der Waals surface area contributed by atoms with E-state index in [4.69, 9.17) is 30.2 Å². The van der Waals surface area contributed by atoms with Gasteiger partial charge in [0.25, 0.3) is 0 Å². The molecule has 2 aliphatic heterocycles. The van der Waals surface area contributed by atoms with Crippen LogP contribution in [0.2, 0.25) is 5.02 Å². The molecule has 0 fully saturated rings. The average molecular weight is 543 g/mol. The number of carbonyl (C=O) groups is 1. The molecule has 202 valence electrons. The molecule has 3 heterocycles. The lowest BCUT2D eigenvalue weighted by atomic mass is 9.81. The van der Waals surface area contributed by atoms with Crippen LogP contribution >= 0.6 is 11.6 Å². The van der Waals surface area contributed by atoms with Crippen LogP contribution in [-0.4, -0.2) is 34.0 Å². The molecule has 0 amide bonds. The Hall–Kier alpha value is -3.07. The van der Waals surface area contributed by atoms with Gasteiger partial charge in [0.15, 0.2) is 11.7 Å². The van der Waals surface area contributed by atoms with E-state index in [0.29, 0.717) is 33.7 Å². The third kappa shape index (κ3) is 4.25. The molecule has 0 unspecified atom stereocenters.